The van der Waals surface area contributed by atoms with Gasteiger partial charge in [0.2, 0.25) is 5.91 Å². The number of carbonyl (C=O) groups excluding carboxylic acids is 2. The van der Waals surface area contributed by atoms with Crippen LogP contribution in [0.2, 0.25) is 18.1 Å². The fourth-order valence-electron chi connectivity index (χ4n) is 3.66. The Balaban J connectivity index is 3.18. The van der Waals surface area contributed by atoms with Gasteiger partial charge >= 0.3 is 6.03 Å². The molecule has 0 aliphatic carbocycles. The van der Waals surface area contributed by atoms with Crippen LogP contribution in [0.25, 0.3) is 0 Å². The molecule has 1 saturated heterocycles. The zero-order chi connectivity index (χ0) is 15.3. The highest BCUT2D eigenvalue weighted by Gasteiger charge is 2.52. The molecule has 0 radical (unpaired) electrons. The number of likely N-dealkylation sites (N-methyl/N-ethyl adjacent to an activating group) is 1. The van der Waals surface area contributed by atoms with Crippen LogP contribution in [0, 0.1) is 0 Å². The molecule has 0 aromatic carbocycles. The summed E-state index contributed by atoms with van der Waals surface area (Å²) in [6.07, 6.45) is 3.18. The van der Waals surface area contributed by atoms with Gasteiger partial charge in [-0.2, -0.15) is 0 Å². The van der Waals surface area contributed by atoms with Crippen LogP contribution in [0.5, 0.6) is 0 Å². The summed E-state index contributed by atoms with van der Waals surface area (Å²) in [4.78, 5) is 27.1. The first-order valence-corrected chi connectivity index (χ1v) is 10.7. The SMILES string of the molecule is CCC[Si](CCC)(CCC)N1C(=O)C(C)N(CC)C1=O. The van der Waals surface area contributed by atoms with Crippen LogP contribution in [0.3, 0.4) is 0 Å². The molecule has 0 saturated carbocycles. The van der Waals surface area contributed by atoms with Crippen LogP contribution in [0.4, 0.5) is 4.79 Å². The summed E-state index contributed by atoms with van der Waals surface area (Å²) < 4.78 is 1.75. The Morgan fingerprint density at radius 1 is 0.950 bits per heavy atom. The number of urea groups is 1. The zero-order valence-electron chi connectivity index (χ0n) is 13.7. The minimum absolute atomic E-state index is 0.0213. The highest BCUT2D eigenvalue weighted by Crippen LogP contribution is 2.34. The fraction of sp³-hybridized carbons (Fsp3) is 0.867. The van der Waals surface area contributed by atoms with Gasteiger partial charge in [-0.25, -0.2) is 4.79 Å². The normalized spacial score (nSPS) is 20.1. The van der Waals surface area contributed by atoms with E-state index in [0.29, 0.717) is 6.54 Å². The van der Waals surface area contributed by atoms with E-state index < -0.39 is 8.24 Å². The van der Waals surface area contributed by atoms with Crippen LogP contribution in [0.15, 0.2) is 0 Å². The Kier molecular flexibility index (Phi) is 6.24. The molecular weight excluding hydrogens is 268 g/mol. The monoisotopic (exact) mass is 298 g/mol. The number of amides is 3. The number of rotatable bonds is 8. The third-order valence-corrected chi connectivity index (χ3v) is 10.1. The van der Waals surface area contributed by atoms with Gasteiger partial charge in [-0.15, -0.1) is 0 Å². The van der Waals surface area contributed by atoms with Crippen LogP contribution in [-0.4, -0.2) is 42.2 Å². The Hall–Kier alpha value is -0.843. The van der Waals surface area contributed by atoms with E-state index in [0.717, 1.165) is 37.4 Å². The maximum absolute atomic E-state index is 12.7. The second-order valence-electron chi connectivity index (χ2n) is 5.89. The van der Waals surface area contributed by atoms with E-state index >= 15 is 0 Å². The minimum Gasteiger partial charge on any atom is -0.314 e. The van der Waals surface area contributed by atoms with E-state index in [2.05, 4.69) is 20.8 Å². The zero-order valence-corrected chi connectivity index (χ0v) is 14.7. The summed E-state index contributed by atoms with van der Waals surface area (Å²) in [7, 11) is -2.00. The van der Waals surface area contributed by atoms with E-state index in [1.807, 2.05) is 13.8 Å². The maximum atomic E-state index is 12.7. The summed E-state index contributed by atoms with van der Waals surface area (Å²) in [6, 6.07) is 2.86. The van der Waals surface area contributed by atoms with E-state index in [1.54, 1.807) is 9.47 Å². The second-order valence-corrected chi connectivity index (χ2v) is 10.3. The molecule has 1 unspecified atom stereocenters. The summed E-state index contributed by atoms with van der Waals surface area (Å²) in [5, 5.41) is 0. The van der Waals surface area contributed by atoms with Gasteiger partial charge in [-0.05, 0) is 32.0 Å². The van der Waals surface area contributed by atoms with Crippen molar-refractivity contribution in [3.63, 3.8) is 0 Å². The van der Waals surface area contributed by atoms with Gasteiger partial charge in [0, 0.05) is 6.54 Å². The molecule has 1 atom stereocenters. The standard InChI is InChI=1S/C15H30N2O2Si/c1-6-10-20(11-7-2,12-8-3)17-14(18)13(5)16(9-4)15(17)19/h13H,6-12H2,1-5H3. The summed E-state index contributed by atoms with van der Waals surface area (Å²) in [5.41, 5.74) is 0. The van der Waals surface area contributed by atoms with Gasteiger partial charge in [-0.3, -0.25) is 9.36 Å². The lowest BCUT2D eigenvalue weighted by molar-refractivity contribution is -0.125. The molecule has 0 N–H and O–H groups in total. The minimum atomic E-state index is -2.00. The van der Waals surface area contributed by atoms with Crippen molar-refractivity contribution in [2.75, 3.05) is 6.54 Å². The predicted octanol–water partition coefficient (Wildman–Crippen LogP) is 3.83. The molecule has 5 heteroatoms. The Bertz CT molecular complexity index is 343. The lowest BCUT2D eigenvalue weighted by atomic mass is 10.3. The molecule has 4 nitrogen and oxygen atoms in total. The summed E-state index contributed by atoms with van der Waals surface area (Å²) >= 11 is 0. The molecule has 20 heavy (non-hydrogen) atoms. The van der Waals surface area contributed by atoms with Crippen LogP contribution in [0.1, 0.15) is 53.9 Å². The molecule has 1 aliphatic rings. The van der Waals surface area contributed by atoms with Gasteiger partial charge in [0.15, 0.2) is 8.24 Å². The van der Waals surface area contributed by atoms with Gasteiger partial charge in [0.25, 0.3) is 0 Å². The van der Waals surface area contributed by atoms with Gasteiger partial charge in [-0.1, -0.05) is 40.0 Å². The van der Waals surface area contributed by atoms with Crippen molar-refractivity contribution in [3.8, 4) is 0 Å². The van der Waals surface area contributed by atoms with E-state index in [-0.39, 0.29) is 18.0 Å². The molecule has 0 spiro atoms. The van der Waals surface area contributed by atoms with Crippen molar-refractivity contribution in [2.45, 2.75) is 78.1 Å². The maximum Gasteiger partial charge on any atom is 0.319 e. The highest BCUT2D eigenvalue weighted by molar-refractivity contribution is 6.81. The van der Waals surface area contributed by atoms with Crippen LogP contribution < -0.4 is 0 Å². The van der Waals surface area contributed by atoms with Crippen molar-refractivity contribution in [3.05, 3.63) is 0 Å². The number of hydrogen-bond acceptors (Lipinski definition) is 2. The highest BCUT2D eigenvalue weighted by atomic mass is 28.3. The molecule has 0 aromatic rings. The predicted molar refractivity (Wildman–Crippen MR) is 85.1 cm³/mol. The number of nitrogens with zero attached hydrogens (tertiary/aromatic N) is 2. The lowest BCUT2D eigenvalue weighted by Gasteiger charge is -2.38. The molecular formula is C15H30N2O2Si. The van der Waals surface area contributed by atoms with Crippen molar-refractivity contribution in [1.82, 2.24) is 9.47 Å². The van der Waals surface area contributed by atoms with Crippen molar-refractivity contribution in [1.29, 1.82) is 0 Å². The second kappa shape index (κ2) is 7.25. The fourth-order valence-corrected chi connectivity index (χ4v) is 9.06. The Morgan fingerprint density at radius 3 is 1.70 bits per heavy atom. The van der Waals surface area contributed by atoms with E-state index in [4.69, 9.17) is 0 Å². The third-order valence-electron chi connectivity index (χ3n) is 4.44. The summed E-state index contributed by atoms with van der Waals surface area (Å²) in [5.74, 6) is 0.0545. The topological polar surface area (TPSA) is 40.6 Å². The third kappa shape index (κ3) is 2.92. The Labute approximate surface area is 124 Å². The van der Waals surface area contributed by atoms with Crippen LogP contribution >= 0.6 is 0 Å². The lowest BCUT2D eigenvalue weighted by Crippen LogP contribution is -2.56. The van der Waals surface area contributed by atoms with Gasteiger partial charge < -0.3 is 4.90 Å². The molecule has 1 heterocycles. The first kappa shape index (κ1) is 17.2. The number of hydrogen-bond donors (Lipinski definition) is 0. The molecule has 0 aromatic heterocycles. The molecule has 116 valence electrons. The van der Waals surface area contributed by atoms with Crippen molar-refractivity contribution >= 4 is 20.2 Å². The Morgan fingerprint density at radius 2 is 1.40 bits per heavy atom. The number of imide groups is 1. The average Bonchev–Trinajstić information content (AvgIpc) is 2.61. The largest absolute Gasteiger partial charge is 0.319 e. The molecule has 1 rings (SSSR count). The average molecular weight is 299 g/mol. The molecule has 3 amide bonds. The molecule has 1 aliphatic heterocycles. The summed E-state index contributed by atoms with van der Waals surface area (Å²) in [6.45, 7) is 10.9. The molecule has 1 fully saturated rings. The van der Waals surface area contributed by atoms with E-state index in [1.165, 1.54) is 0 Å². The van der Waals surface area contributed by atoms with E-state index in [9.17, 15) is 9.59 Å². The van der Waals surface area contributed by atoms with Gasteiger partial charge in [0.05, 0.1) is 0 Å². The number of carbonyl (C=O) groups is 2. The molecule has 0 bridgehead atoms. The van der Waals surface area contributed by atoms with Crippen LogP contribution in [-0.2, 0) is 4.79 Å². The van der Waals surface area contributed by atoms with Crippen molar-refractivity contribution < 1.29 is 9.59 Å². The smallest absolute Gasteiger partial charge is 0.314 e. The quantitative estimate of drug-likeness (QED) is 0.504. The van der Waals surface area contributed by atoms with Crippen molar-refractivity contribution in [2.24, 2.45) is 0 Å². The first-order chi connectivity index (χ1) is 9.48. The first-order valence-electron chi connectivity index (χ1n) is 8.13. The van der Waals surface area contributed by atoms with Gasteiger partial charge in [0.1, 0.15) is 6.04 Å².